The van der Waals surface area contributed by atoms with E-state index in [1.165, 1.54) is 13.0 Å². The molecule has 1 saturated heterocycles. The number of halogens is 1. The second kappa shape index (κ2) is 7.81. The van der Waals surface area contributed by atoms with E-state index in [1.807, 2.05) is 24.3 Å². The summed E-state index contributed by atoms with van der Waals surface area (Å²) in [5, 5.41) is 8.04. The fourth-order valence-electron chi connectivity index (χ4n) is 2.50. The molecule has 110 valence electrons. The molecule has 2 rings (SSSR count). The van der Waals surface area contributed by atoms with Crippen molar-refractivity contribution in [2.24, 2.45) is 0 Å². The zero-order valence-electron chi connectivity index (χ0n) is 11.9. The third-order valence-corrected chi connectivity index (χ3v) is 4.04. The number of hydrogen-bond acceptors (Lipinski definition) is 2. The molecule has 20 heavy (non-hydrogen) atoms. The lowest BCUT2D eigenvalue weighted by Crippen LogP contribution is -2.45. The van der Waals surface area contributed by atoms with Crippen LogP contribution in [0, 0.1) is 0 Å². The van der Waals surface area contributed by atoms with Crippen molar-refractivity contribution in [3.05, 3.63) is 29.3 Å². The third-order valence-electron chi connectivity index (χ3n) is 3.56. The summed E-state index contributed by atoms with van der Waals surface area (Å²) in [7, 11) is 0. The Kier molecular flexibility index (Phi) is 6.07. The maximum atomic E-state index is 5.86. The fraction of sp³-hybridized carbons (Fsp3) is 0.533. The Morgan fingerprint density at radius 3 is 2.55 bits per heavy atom. The quantitative estimate of drug-likeness (QED) is 0.832. The summed E-state index contributed by atoms with van der Waals surface area (Å²) in [6, 6.07) is 8.06. The second-order valence-electron chi connectivity index (χ2n) is 5.22. The van der Waals surface area contributed by atoms with E-state index in [9.17, 15) is 0 Å². The van der Waals surface area contributed by atoms with Gasteiger partial charge in [-0.2, -0.15) is 0 Å². The smallest absolute Gasteiger partial charge is 0.170 e. The number of nitrogens with zero attached hydrogens (tertiary/aromatic N) is 1. The van der Waals surface area contributed by atoms with E-state index in [4.69, 9.17) is 23.8 Å². The summed E-state index contributed by atoms with van der Waals surface area (Å²) in [5.74, 6) is 0. The number of likely N-dealkylation sites (tertiary alicyclic amines) is 1. The first-order valence-corrected chi connectivity index (χ1v) is 8.01. The Labute approximate surface area is 131 Å². The van der Waals surface area contributed by atoms with Gasteiger partial charge in [0.25, 0.3) is 0 Å². The molecule has 1 aliphatic heterocycles. The molecule has 2 N–H and O–H groups in total. The maximum Gasteiger partial charge on any atom is 0.170 e. The lowest BCUT2D eigenvalue weighted by molar-refractivity contribution is 0.207. The lowest BCUT2D eigenvalue weighted by Gasteiger charge is -2.32. The van der Waals surface area contributed by atoms with Crippen LogP contribution in [0.1, 0.15) is 26.2 Å². The minimum Gasteiger partial charge on any atom is -0.360 e. The lowest BCUT2D eigenvalue weighted by atomic mass is 10.1. The monoisotopic (exact) mass is 311 g/mol. The van der Waals surface area contributed by atoms with Crippen molar-refractivity contribution in [3.63, 3.8) is 0 Å². The average molecular weight is 312 g/mol. The Morgan fingerprint density at radius 2 is 1.95 bits per heavy atom. The summed E-state index contributed by atoms with van der Waals surface area (Å²) < 4.78 is 0. The molecule has 0 spiro atoms. The Hall–Kier alpha value is -0.840. The van der Waals surface area contributed by atoms with Crippen molar-refractivity contribution >= 4 is 34.6 Å². The Morgan fingerprint density at radius 1 is 1.30 bits per heavy atom. The van der Waals surface area contributed by atoms with Crippen LogP contribution < -0.4 is 10.6 Å². The van der Waals surface area contributed by atoms with Crippen LogP contribution in [0.2, 0.25) is 5.02 Å². The van der Waals surface area contributed by atoms with Gasteiger partial charge in [0.2, 0.25) is 0 Å². The summed E-state index contributed by atoms with van der Waals surface area (Å²) in [6.07, 6.45) is 3.54. The molecule has 0 aliphatic carbocycles. The molecular formula is C15H22ClN3S. The van der Waals surface area contributed by atoms with Gasteiger partial charge in [0.1, 0.15) is 0 Å². The number of anilines is 1. The number of benzene rings is 1. The summed E-state index contributed by atoms with van der Waals surface area (Å²) in [6.45, 7) is 5.76. The van der Waals surface area contributed by atoms with E-state index < -0.39 is 0 Å². The second-order valence-corrected chi connectivity index (χ2v) is 6.07. The van der Waals surface area contributed by atoms with Gasteiger partial charge in [0, 0.05) is 29.8 Å². The topological polar surface area (TPSA) is 27.3 Å². The summed E-state index contributed by atoms with van der Waals surface area (Å²) in [4.78, 5) is 2.52. The molecule has 1 fully saturated rings. The predicted octanol–water partition coefficient (Wildman–Crippen LogP) is 3.50. The van der Waals surface area contributed by atoms with Gasteiger partial charge >= 0.3 is 0 Å². The highest BCUT2D eigenvalue weighted by atomic mass is 35.5. The largest absolute Gasteiger partial charge is 0.360 e. The van der Waals surface area contributed by atoms with Crippen molar-refractivity contribution in [3.8, 4) is 0 Å². The first-order chi connectivity index (χ1) is 9.67. The van der Waals surface area contributed by atoms with Gasteiger partial charge in [0.15, 0.2) is 5.11 Å². The van der Waals surface area contributed by atoms with Gasteiger partial charge in [0.05, 0.1) is 0 Å². The molecule has 0 aromatic heterocycles. The van der Waals surface area contributed by atoms with Crippen molar-refractivity contribution < 1.29 is 0 Å². The van der Waals surface area contributed by atoms with Crippen LogP contribution in [0.15, 0.2) is 24.3 Å². The number of piperidine rings is 1. The molecule has 1 aliphatic rings. The maximum absolute atomic E-state index is 5.86. The zero-order valence-corrected chi connectivity index (χ0v) is 13.4. The van der Waals surface area contributed by atoms with Gasteiger partial charge in [-0.1, -0.05) is 18.5 Å². The van der Waals surface area contributed by atoms with E-state index >= 15 is 0 Å². The molecular weight excluding hydrogens is 290 g/mol. The highest BCUT2D eigenvalue weighted by Gasteiger charge is 2.18. The van der Waals surface area contributed by atoms with Gasteiger partial charge in [-0.15, -0.1) is 0 Å². The number of nitrogens with one attached hydrogen (secondary N) is 2. The van der Waals surface area contributed by atoms with Gasteiger partial charge < -0.3 is 15.5 Å². The van der Waals surface area contributed by atoms with E-state index in [-0.39, 0.29) is 0 Å². The van der Waals surface area contributed by atoms with Crippen LogP contribution in [-0.4, -0.2) is 35.7 Å². The zero-order chi connectivity index (χ0) is 14.4. The molecule has 5 heteroatoms. The van der Waals surface area contributed by atoms with Crippen molar-refractivity contribution in [2.45, 2.75) is 32.2 Å². The molecule has 3 nitrogen and oxygen atoms in total. The normalized spacial score (nSPS) is 16.9. The summed E-state index contributed by atoms with van der Waals surface area (Å²) >= 11 is 11.2. The minimum absolute atomic E-state index is 0.482. The van der Waals surface area contributed by atoms with Crippen LogP contribution in [0.3, 0.4) is 0 Å². The van der Waals surface area contributed by atoms with Crippen LogP contribution in [0.25, 0.3) is 0 Å². The molecule has 0 unspecified atom stereocenters. The van der Waals surface area contributed by atoms with Crippen LogP contribution in [0.4, 0.5) is 5.69 Å². The third kappa shape index (κ3) is 4.93. The van der Waals surface area contributed by atoms with Gasteiger partial charge in [-0.3, -0.25) is 0 Å². The highest BCUT2D eigenvalue weighted by molar-refractivity contribution is 7.80. The van der Waals surface area contributed by atoms with Crippen molar-refractivity contribution in [1.82, 2.24) is 10.2 Å². The number of hydrogen-bond donors (Lipinski definition) is 2. The molecule has 1 heterocycles. The van der Waals surface area contributed by atoms with E-state index in [2.05, 4.69) is 22.5 Å². The molecule has 0 radical (unpaired) electrons. The highest BCUT2D eigenvalue weighted by Crippen LogP contribution is 2.14. The van der Waals surface area contributed by atoms with E-state index in [0.717, 1.165) is 36.6 Å². The van der Waals surface area contributed by atoms with Crippen LogP contribution in [-0.2, 0) is 0 Å². The summed E-state index contributed by atoms with van der Waals surface area (Å²) in [5.41, 5.74) is 0.968. The van der Waals surface area contributed by atoms with Crippen LogP contribution >= 0.6 is 23.8 Å². The average Bonchev–Trinajstić information content (AvgIpc) is 2.44. The van der Waals surface area contributed by atoms with Crippen molar-refractivity contribution in [1.29, 1.82) is 0 Å². The van der Waals surface area contributed by atoms with Gasteiger partial charge in [-0.25, -0.2) is 0 Å². The molecule has 0 amide bonds. The standard InChI is InChI=1S/C15H22ClN3S/c1-2-9-19-10-7-14(8-11-19)18-15(20)17-13-5-3-12(16)4-6-13/h3-6,14H,2,7-11H2,1H3,(H2,17,18,20). The Balaban J connectivity index is 1.74. The first kappa shape index (κ1) is 15.5. The van der Waals surface area contributed by atoms with E-state index in [0.29, 0.717) is 11.2 Å². The molecule has 0 saturated carbocycles. The molecule has 0 atom stereocenters. The van der Waals surface area contributed by atoms with Crippen molar-refractivity contribution in [2.75, 3.05) is 25.0 Å². The van der Waals surface area contributed by atoms with Crippen LogP contribution in [0.5, 0.6) is 0 Å². The SMILES string of the molecule is CCCN1CCC(NC(=S)Nc2ccc(Cl)cc2)CC1. The number of rotatable bonds is 4. The molecule has 1 aromatic carbocycles. The van der Waals surface area contributed by atoms with Gasteiger partial charge in [-0.05, 0) is 62.3 Å². The molecule has 1 aromatic rings. The predicted molar refractivity (Wildman–Crippen MR) is 90.6 cm³/mol. The Bertz CT molecular complexity index is 427. The minimum atomic E-state index is 0.482. The fourth-order valence-corrected chi connectivity index (χ4v) is 2.91. The number of thiocarbonyl (C=S) groups is 1. The molecule has 0 bridgehead atoms. The first-order valence-electron chi connectivity index (χ1n) is 7.23. The van der Waals surface area contributed by atoms with E-state index in [1.54, 1.807) is 0 Å².